The second kappa shape index (κ2) is 9.82. The minimum Gasteiger partial charge on any atom is -0.334 e. The molecule has 2 N–H and O–H groups in total. The van der Waals surface area contributed by atoms with Crippen LogP contribution in [0.4, 0.5) is 19.3 Å². The Balaban J connectivity index is 1.33. The Kier molecular flexibility index (Phi) is 6.69. The second-order valence-corrected chi connectivity index (χ2v) is 8.49. The van der Waals surface area contributed by atoms with E-state index in [9.17, 15) is 18.4 Å². The van der Waals surface area contributed by atoms with Crippen LogP contribution in [0.3, 0.4) is 0 Å². The molecule has 1 fully saturated rings. The Morgan fingerprint density at radius 2 is 1.72 bits per heavy atom. The quantitative estimate of drug-likeness (QED) is 0.602. The number of piperidine rings is 1. The molecule has 166 valence electrons. The van der Waals surface area contributed by atoms with Crippen molar-refractivity contribution in [3.8, 4) is 0 Å². The molecule has 1 unspecified atom stereocenters. The standard InChI is InChI=1S/C22H21F2N5O2S/c23-16-5-3-14(4-6-16)12-25-22(31)29-11-1-2-15(13-29)20-27-28-21(32-20)19(30)26-18-9-7-17(24)8-10-18/h3-10,15H,1-2,11-13H2,(H,25,31)(H,26,30). The molecule has 32 heavy (non-hydrogen) atoms. The van der Waals surface area contributed by atoms with Gasteiger partial charge in [-0.05, 0) is 54.8 Å². The van der Waals surface area contributed by atoms with Crippen LogP contribution >= 0.6 is 11.3 Å². The Morgan fingerprint density at radius 3 is 2.44 bits per heavy atom. The van der Waals surface area contributed by atoms with Crippen molar-refractivity contribution in [3.63, 3.8) is 0 Å². The summed E-state index contributed by atoms with van der Waals surface area (Å²) in [4.78, 5) is 26.7. The number of hydrogen-bond acceptors (Lipinski definition) is 5. The van der Waals surface area contributed by atoms with Crippen LogP contribution in [-0.2, 0) is 6.54 Å². The number of rotatable bonds is 5. The van der Waals surface area contributed by atoms with Gasteiger partial charge in [0.05, 0.1) is 0 Å². The highest BCUT2D eigenvalue weighted by Gasteiger charge is 2.28. The molecule has 3 amide bonds. The van der Waals surface area contributed by atoms with Gasteiger partial charge in [-0.1, -0.05) is 23.5 Å². The van der Waals surface area contributed by atoms with Gasteiger partial charge in [0.15, 0.2) is 0 Å². The third kappa shape index (κ3) is 5.44. The van der Waals surface area contributed by atoms with Crippen LogP contribution in [0.5, 0.6) is 0 Å². The van der Waals surface area contributed by atoms with Gasteiger partial charge in [0.2, 0.25) is 5.01 Å². The highest BCUT2D eigenvalue weighted by Crippen LogP contribution is 2.29. The van der Waals surface area contributed by atoms with Crippen LogP contribution in [0.25, 0.3) is 0 Å². The molecular weight excluding hydrogens is 436 g/mol. The van der Waals surface area contributed by atoms with E-state index in [1.54, 1.807) is 17.0 Å². The summed E-state index contributed by atoms with van der Waals surface area (Å²) in [6.45, 7) is 1.42. The highest BCUT2D eigenvalue weighted by molar-refractivity contribution is 7.13. The Labute approximate surface area is 187 Å². The van der Waals surface area contributed by atoms with Crippen LogP contribution < -0.4 is 10.6 Å². The summed E-state index contributed by atoms with van der Waals surface area (Å²) in [5.74, 6) is -1.12. The van der Waals surface area contributed by atoms with Crippen molar-refractivity contribution >= 4 is 29.0 Å². The van der Waals surface area contributed by atoms with E-state index in [1.165, 1.54) is 47.7 Å². The summed E-state index contributed by atoms with van der Waals surface area (Å²) < 4.78 is 26.0. The molecule has 1 aromatic heterocycles. The van der Waals surface area contributed by atoms with Crippen molar-refractivity contribution in [2.45, 2.75) is 25.3 Å². The third-order valence-corrected chi connectivity index (χ3v) is 6.24. The van der Waals surface area contributed by atoms with E-state index in [0.717, 1.165) is 18.4 Å². The molecule has 1 aliphatic heterocycles. The van der Waals surface area contributed by atoms with E-state index in [-0.39, 0.29) is 28.6 Å². The average Bonchev–Trinajstić information content (AvgIpc) is 3.31. The van der Waals surface area contributed by atoms with E-state index in [4.69, 9.17) is 0 Å². The number of urea groups is 1. The predicted molar refractivity (Wildman–Crippen MR) is 116 cm³/mol. The maximum atomic E-state index is 13.0. The Bertz CT molecular complexity index is 1090. The van der Waals surface area contributed by atoms with Crippen molar-refractivity contribution in [2.75, 3.05) is 18.4 Å². The fourth-order valence-electron chi connectivity index (χ4n) is 3.46. The van der Waals surface area contributed by atoms with Gasteiger partial charge >= 0.3 is 6.03 Å². The molecule has 10 heteroatoms. The zero-order chi connectivity index (χ0) is 22.5. The van der Waals surface area contributed by atoms with Gasteiger partial charge in [-0.3, -0.25) is 4.79 Å². The topological polar surface area (TPSA) is 87.2 Å². The monoisotopic (exact) mass is 457 g/mol. The number of nitrogens with zero attached hydrogens (tertiary/aromatic N) is 3. The zero-order valence-electron chi connectivity index (χ0n) is 17.1. The molecule has 1 aliphatic rings. The molecule has 0 spiro atoms. The van der Waals surface area contributed by atoms with E-state index >= 15 is 0 Å². The Morgan fingerprint density at radius 1 is 1.03 bits per heavy atom. The molecule has 0 bridgehead atoms. The van der Waals surface area contributed by atoms with Crippen molar-refractivity contribution in [1.82, 2.24) is 20.4 Å². The van der Waals surface area contributed by atoms with Gasteiger partial charge in [0, 0.05) is 31.2 Å². The lowest BCUT2D eigenvalue weighted by atomic mass is 9.99. The first-order chi connectivity index (χ1) is 15.5. The minimum absolute atomic E-state index is 0.00908. The predicted octanol–water partition coefficient (Wildman–Crippen LogP) is 4.16. The van der Waals surface area contributed by atoms with Gasteiger partial charge in [-0.2, -0.15) is 0 Å². The van der Waals surface area contributed by atoms with E-state index in [2.05, 4.69) is 20.8 Å². The highest BCUT2D eigenvalue weighted by atomic mass is 32.1. The van der Waals surface area contributed by atoms with Crippen LogP contribution in [0, 0.1) is 11.6 Å². The zero-order valence-corrected chi connectivity index (χ0v) is 17.9. The summed E-state index contributed by atoms with van der Waals surface area (Å²) in [6, 6.07) is 11.3. The van der Waals surface area contributed by atoms with Gasteiger partial charge in [0.25, 0.3) is 5.91 Å². The first kappa shape index (κ1) is 21.8. The number of halogens is 2. The smallest absolute Gasteiger partial charge is 0.317 e. The lowest BCUT2D eigenvalue weighted by molar-refractivity contribution is 0.102. The molecule has 0 aliphatic carbocycles. The molecule has 2 heterocycles. The number of carbonyl (C=O) groups excluding carboxylic acids is 2. The molecule has 2 aromatic carbocycles. The van der Waals surface area contributed by atoms with Crippen LogP contribution in [0.15, 0.2) is 48.5 Å². The largest absolute Gasteiger partial charge is 0.334 e. The summed E-state index contributed by atoms with van der Waals surface area (Å²) in [7, 11) is 0. The second-order valence-electron chi connectivity index (χ2n) is 7.48. The lowest BCUT2D eigenvalue weighted by Gasteiger charge is -2.31. The maximum Gasteiger partial charge on any atom is 0.317 e. The average molecular weight is 458 g/mol. The van der Waals surface area contributed by atoms with E-state index < -0.39 is 5.91 Å². The van der Waals surface area contributed by atoms with Crippen molar-refractivity contribution < 1.29 is 18.4 Å². The number of amides is 3. The summed E-state index contributed by atoms with van der Waals surface area (Å²) >= 11 is 1.19. The molecule has 0 saturated carbocycles. The van der Waals surface area contributed by atoms with Gasteiger partial charge in [0.1, 0.15) is 16.6 Å². The SMILES string of the molecule is O=C(Nc1ccc(F)cc1)c1nnc(C2CCCN(C(=O)NCc3ccc(F)cc3)C2)s1. The van der Waals surface area contributed by atoms with E-state index in [1.807, 2.05) is 0 Å². The molecule has 7 nitrogen and oxygen atoms in total. The van der Waals surface area contributed by atoms with Crippen LogP contribution in [0.1, 0.15) is 39.1 Å². The number of likely N-dealkylation sites (tertiary alicyclic amines) is 1. The molecular formula is C22H21F2N5O2S. The van der Waals surface area contributed by atoms with Crippen molar-refractivity contribution in [2.24, 2.45) is 0 Å². The molecule has 4 rings (SSSR count). The first-order valence-electron chi connectivity index (χ1n) is 10.2. The molecule has 1 atom stereocenters. The maximum absolute atomic E-state index is 13.0. The Hall–Kier alpha value is -3.40. The number of aromatic nitrogens is 2. The van der Waals surface area contributed by atoms with Crippen LogP contribution in [-0.4, -0.2) is 40.1 Å². The number of benzene rings is 2. The van der Waals surface area contributed by atoms with Crippen molar-refractivity contribution in [1.29, 1.82) is 0 Å². The molecule has 3 aromatic rings. The van der Waals surface area contributed by atoms with Gasteiger partial charge in [-0.25, -0.2) is 13.6 Å². The first-order valence-corrected chi connectivity index (χ1v) is 11.0. The summed E-state index contributed by atoms with van der Waals surface area (Å²) in [6.07, 6.45) is 1.65. The summed E-state index contributed by atoms with van der Waals surface area (Å²) in [5.41, 5.74) is 1.28. The number of carbonyl (C=O) groups is 2. The summed E-state index contributed by atoms with van der Waals surface area (Å²) in [5, 5.41) is 14.6. The van der Waals surface area contributed by atoms with E-state index in [0.29, 0.717) is 30.3 Å². The van der Waals surface area contributed by atoms with Crippen molar-refractivity contribution in [3.05, 3.63) is 75.7 Å². The number of hydrogen-bond donors (Lipinski definition) is 2. The molecule has 1 saturated heterocycles. The fourth-order valence-corrected chi connectivity index (χ4v) is 4.33. The number of anilines is 1. The van der Waals surface area contributed by atoms with Crippen LogP contribution in [0.2, 0.25) is 0 Å². The normalized spacial score (nSPS) is 15.9. The lowest BCUT2D eigenvalue weighted by Crippen LogP contribution is -2.44. The van der Waals surface area contributed by atoms with Gasteiger partial charge in [-0.15, -0.1) is 10.2 Å². The van der Waals surface area contributed by atoms with Gasteiger partial charge < -0.3 is 15.5 Å². The molecule has 0 radical (unpaired) electrons. The minimum atomic E-state index is -0.412. The third-order valence-electron chi connectivity index (χ3n) is 5.15. The number of nitrogens with one attached hydrogen (secondary N) is 2. The fraction of sp³-hybridized carbons (Fsp3) is 0.273.